The third kappa shape index (κ3) is 5.24. The molecule has 0 aliphatic carbocycles. The zero-order valence-corrected chi connectivity index (χ0v) is 19.0. The number of benzene rings is 1. The SMILES string of the molecule is Cc1cnc(C)c(N2CCN(C(=O)C[C@@H]3C(=O)NCCN3CCc3ccccc3)CC2)n1. The molecule has 2 amide bonds. The van der Waals surface area contributed by atoms with E-state index in [9.17, 15) is 9.59 Å². The summed E-state index contributed by atoms with van der Waals surface area (Å²) in [5, 5.41) is 2.93. The van der Waals surface area contributed by atoms with Crippen molar-refractivity contribution in [3.63, 3.8) is 0 Å². The van der Waals surface area contributed by atoms with Gasteiger partial charge in [0.05, 0.1) is 23.9 Å². The van der Waals surface area contributed by atoms with Crippen LogP contribution < -0.4 is 10.2 Å². The second kappa shape index (κ2) is 10.1. The van der Waals surface area contributed by atoms with Gasteiger partial charge < -0.3 is 15.1 Å². The monoisotopic (exact) mass is 436 g/mol. The minimum atomic E-state index is -0.400. The maximum absolute atomic E-state index is 13.1. The second-order valence-electron chi connectivity index (χ2n) is 8.57. The number of carbonyl (C=O) groups is 2. The summed E-state index contributed by atoms with van der Waals surface area (Å²) in [5.41, 5.74) is 3.04. The van der Waals surface area contributed by atoms with Crippen molar-refractivity contribution in [2.75, 3.05) is 50.7 Å². The van der Waals surface area contributed by atoms with Gasteiger partial charge in [0, 0.05) is 52.0 Å². The van der Waals surface area contributed by atoms with Gasteiger partial charge in [-0.3, -0.25) is 19.5 Å². The topological polar surface area (TPSA) is 81.7 Å². The molecule has 8 heteroatoms. The first-order chi connectivity index (χ1) is 15.5. The van der Waals surface area contributed by atoms with E-state index in [1.54, 1.807) is 6.20 Å². The molecule has 0 spiro atoms. The van der Waals surface area contributed by atoms with Crippen molar-refractivity contribution < 1.29 is 9.59 Å². The molecule has 1 aromatic carbocycles. The Labute approximate surface area is 189 Å². The Morgan fingerprint density at radius 3 is 2.59 bits per heavy atom. The number of nitrogens with one attached hydrogen (secondary N) is 1. The molecule has 32 heavy (non-hydrogen) atoms. The fraction of sp³-hybridized carbons (Fsp3) is 0.500. The molecule has 0 unspecified atom stereocenters. The van der Waals surface area contributed by atoms with Crippen molar-refractivity contribution in [2.45, 2.75) is 32.7 Å². The number of hydrogen-bond acceptors (Lipinski definition) is 6. The highest BCUT2D eigenvalue weighted by Gasteiger charge is 2.33. The van der Waals surface area contributed by atoms with Crippen molar-refractivity contribution in [1.29, 1.82) is 0 Å². The van der Waals surface area contributed by atoms with Gasteiger partial charge in [0.2, 0.25) is 11.8 Å². The maximum atomic E-state index is 13.1. The smallest absolute Gasteiger partial charge is 0.237 e. The lowest BCUT2D eigenvalue weighted by Crippen LogP contribution is -2.58. The first-order valence-corrected chi connectivity index (χ1v) is 11.4. The zero-order chi connectivity index (χ0) is 22.5. The van der Waals surface area contributed by atoms with Gasteiger partial charge in [0.15, 0.2) is 0 Å². The van der Waals surface area contributed by atoms with Gasteiger partial charge in [-0.15, -0.1) is 0 Å². The molecular formula is C24H32N6O2. The van der Waals surface area contributed by atoms with Crippen molar-refractivity contribution in [3.05, 3.63) is 53.5 Å². The normalized spacial score (nSPS) is 19.7. The Hall–Kier alpha value is -3.00. The van der Waals surface area contributed by atoms with Crippen LogP contribution in [0.5, 0.6) is 0 Å². The Morgan fingerprint density at radius 2 is 1.84 bits per heavy atom. The fourth-order valence-electron chi connectivity index (χ4n) is 4.46. The van der Waals surface area contributed by atoms with Crippen LogP contribution in [0.2, 0.25) is 0 Å². The molecule has 1 atom stereocenters. The summed E-state index contributed by atoms with van der Waals surface area (Å²) in [6.07, 6.45) is 2.87. The molecule has 2 saturated heterocycles. The van der Waals surface area contributed by atoms with E-state index in [4.69, 9.17) is 0 Å². The summed E-state index contributed by atoms with van der Waals surface area (Å²) in [6.45, 7) is 8.79. The van der Waals surface area contributed by atoms with Gasteiger partial charge in [-0.2, -0.15) is 0 Å². The van der Waals surface area contributed by atoms with Crippen LogP contribution in [0.25, 0.3) is 0 Å². The third-order valence-corrected chi connectivity index (χ3v) is 6.32. The van der Waals surface area contributed by atoms with E-state index in [1.807, 2.05) is 36.9 Å². The fourth-order valence-corrected chi connectivity index (χ4v) is 4.46. The Balaban J connectivity index is 1.33. The number of aryl methyl sites for hydroxylation is 2. The standard InChI is InChI=1S/C24H32N6O2/c1-18-17-26-19(2)23(27-18)30-14-12-29(13-15-30)22(31)16-21-24(32)25-9-11-28(21)10-8-20-6-4-3-5-7-20/h3-7,17,21H,8-16H2,1-2H3,(H,25,32)/t21-/m1/s1. The molecule has 170 valence electrons. The first kappa shape index (κ1) is 22.2. The summed E-state index contributed by atoms with van der Waals surface area (Å²) in [5.74, 6) is 0.904. The summed E-state index contributed by atoms with van der Waals surface area (Å²) in [6, 6.07) is 9.87. The van der Waals surface area contributed by atoms with E-state index in [-0.39, 0.29) is 18.2 Å². The third-order valence-electron chi connectivity index (χ3n) is 6.32. The molecule has 2 fully saturated rings. The van der Waals surface area contributed by atoms with Gasteiger partial charge >= 0.3 is 0 Å². The summed E-state index contributed by atoms with van der Waals surface area (Å²) >= 11 is 0. The van der Waals surface area contributed by atoms with Crippen LogP contribution in [0.1, 0.15) is 23.4 Å². The number of anilines is 1. The minimum absolute atomic E-state index is 0.0399. The highest BCUT2D eigenvalue weighted by atomic mass is 16.2. The highest BCUT2D eigenvalue weighted by molar-refractivity contribution is 5.89. The van der Waals surface area contributed by atoms with Gasteiger partial charge in [0.1, 0.15) is 5.82 Å². The van der Waals surface area contributed by atoms with Crippen LogP contribution >= 0.6 is 0 Å². The van der Waals surface area contributed by atoms with Crippen LogP contribution in [-0.2, 0) is 16.0 Å². The van der Waals surface area contributed by atoms with E-state index in [0.717, 1.165) is 49.8 Å². The summed E-state index contributed by atoms with van der Waals surface area (Å²) in [7, 11) is 0. The molecular weight excluding hydrogens is 404 g/mol. The van der Waals surface area contributed by atoms with Crippen LogP contribution in [0.4, 0.5) is 5.82 Å². The van der Waals surface area contributed by atoms with Crippen molar-refractivity contribution >= 4 is 17.6 Å². The lowest BCUT2D eigenvalue weighted by Gasteiger charge is -2.38. The molecule has 1 aromatic heterocycles. The van der Waals surface area contributed by atoms with Crippen LogP contribution in [0.15, 0.2) is 36.5 Å². The lowest BCUT2D eigenvalue weighted by atomic mass is 10.1. The van der Waals surface area contributed by atoms with Gasteiger partial charge in [-0.1, -0.05) is 30.3 Å². The quantitative estimate of drug-likeness (QED) is 0.732. The van der Waals surface area contributed by atoms with E-state index >= 15 is 0 Å². The average molecular weight is 437 g/mol. The number of piperazine rings is 2. The molecule has 0 radical (unpaired) electrons. The predicted octanol–water partition coefficient (Wildman–Crippen LogP) is 1.18. The van der Waals surface area contributed by atoms with Crippen molar-refractivity contribution in [3.8, 4) is 0 Å². The molecule has 3 heterocycles. The molecule has 0 saturated carbocycles. The molecule has 2 aliphatic rings. The van der Waals surface area contributed by atoms with E-state index in [2.05, 4.69) is 37.2 Å². The predicted molar refractivity (Wildman–Crippen MR) is 123 cm³/mol. The number of hydrogen-bond donors (Lipinski definition) is 1. The molecule has 1 N–H and O–H groups in total. The molecule has 2 aliphatic heterocycles. The van der Waals surface area contributed by atoms with Crippen molar-refractivity contribution in [2.24, 2.45) is 0 Å². The number of amides is 2. The Bertz CT molecular complexity index is 943. The maximum Gasteiger partial charge on any atom is 0.237 e. The number of rotatable bonds is 6. The van der Waals surface area contributed by atoms with Crippen LogP contribution in [-0.4, -0.2) is 83.4 Å². The van der Waals surface area contributed by atoms with E-state index in [0.29, 0.717) is 19.6 Å². The van der Waals surface area contributed by atoms with Crippen LogP contribution in [0.3, 0.4) is 0 Å². The van der Waals surface area contributed by atoms with Gasteiger partial charge in [-0.05, 0) is 25.8 Å². The molecule has 0 bridgehead atoms. The lowest BCUT2D eigenvalue weighted by molar-refractivity contribution is -0.139. The highest BCUT2D eigenvalue weighted by Crippen LogP contribution is 2.19. The Morgan fingerprint density at radius 1 is 1.09 bits per heavy atom. The van der Waals surface area contributed by atoms with Gasteiger partial charge in [0.25, 0.3) is 0 Å². The van der Waals surface area contributed by atoms with Crippen molar-refractivity contribution in [1.82, 2.24) is 25.1 Å². The van der Waals surface area contributed by atoms with E-state index < -0.39 is 6.04 Å². The molecule has 8 nitrogen and oxygen atoms in total. The number of aromatic nitrogens is 2. The summed E-state index contributed by atoms with van der Waals surface area (Å²) < 4.78 is 0. The first-order valence-electron chi connectivity index (χ1n) is 11.4. The number of carbonyl (C=O) groups excluding carboxylic acids is 2. The van der Waals surface area contributed by atoms with E-state index in [1.165, 1.54) is 5.56 Å². The zero-order valence-electron chi connectivity index (χ0n) is 19.0. The Kier molecular flexibility index (Phi) is 6.99. The molecule has 2 aromatic rings. The average Bonchev–Trinajstić information content (AvgIpc) is 2.82. The minimum Gasteiger partial charge on any atom is -0.353 e. The molecule has 4 rings (SSSR count). The largest absolute Gasteiger partial charge is 0.353 e. The van der Waals surface area contributed by atoms with Crippen LogP contribution in [0, 0.1) is 13.8 Å². The summed E-state index contributed by atoms with van der Waals surface area (Å²) in [4.78, 5) is 40.9. The second-order valence-corrected chi connectivity index (χ2v) is 8.57. The number of nitrogens with zero attached hydrogens (tertiary/aromatic N) is 5. The van der Waals surface area contributed by atoms with Gasteiger partial charge in [-0.25, -0.2) is 4.98 Å².